The molecule has 0 aromatic heterocycles. The van der Waals surface area contributed by atoms with Crippen LogP contribution in [0.2, 0.25) is 5.02 Å². The molecule has 3 fully saturated rings. The monoisotopic (exact) mass is 432 g/mol. The summed E-state index contributed by atoms with van der Waals surface area (Å²) in [4.78, 5) is 40.7. The number of rotatable bonds is 4. The summed E-state index contributed by atoms with van der Waals surface area (Å²) in [5.74, 6) is 0.178. The molecular formula is C22H29ClN4O3. The van der Waals surface area contributed by atoms with E-state index in [0.717, 1.165) is 32.1 Å². The highest BCUT2D eigenvalue weighted by molar-refractivity contribution is 6.33. The van der Waals surface area contributed by atoms with E-state index in [4.69, 9.17) is 11.6 Å². The van der Waals surface area contributed by atoms with Gasteiger partial charge in [-0.15, -0.1) is 0 Å². The third-order valence-corrected chi connectivity index (χ3v) is 6.87. The molecule has 2 atom stereocenters. The molecule has 2 N–H and O–H groups in total. The first-order valence-electron chi connectivity index (χ1n) is 10.9. The fourth-order valence-corrected chi connectivity index (χ4v) is 5.18. The number of anilines is 1. The molecule has 1 aromatic rings. The first-order valence-corrected chi connectivity index (χ1v) is 11.2. The fraction of sp³-hybridized carbons (Fsp3) is 0.591. The van der Waals surface area contributed by atoms with Gasteiger partial charge in [-0.3, -0.25) is 14.5 Å². The fourth-order valence-electron chi connectivity index (χ4n) is 5.00. The van der Waals surface area contributed by atoms with Gasteiger partial charge in [0.15, 0.2) is 0 Å². The van der Waals surface area contributed by atoms with Crippen LogP contribution < -0.4 is 10.6 Å². The number of Topliss-reactive ketones (excluding diaryl/α,β-unsaturated/α-hetero) is 1. The van der Waals surface area contributed by atoms with Gasteiger partial charge < -0.3 is 15.5 Å². The lowest BCUT2D eigenvalue weighted by Gasteiger charge is -2.48. The Hall–Kier alpha value is -2.12. The van der Waals surface area contributed by atoms with Crippen molar-refractivity contribution in [2.24, 2.45) is 0 Å². The summed E-state index contributed by atoms with van der Waals surface area (Å²) >= 11 is 6.16. The third-order valence-electron chi connectivity index (χ3n) is 6.54. The number of urea groups is 1. The summed E-state index contributed by atoms with van der Waals surface area (Å²) in [6, 6.07) is 7.90. The van der Waals surface area contributed by atoms with Gasteiger partial charge in [-0.2, -0.15) is 0 Å². The average molecular weight is 433 g/mol. The lowest BCUT2D eigenvalue weighted by Crippen LogP contribution is -2.59. The molecule has 4 rings (SSSR count). The smallest absolute Gasteiger partial charge is 0.317 e. The van der Waals surface area contributed by atoms with Crippen LogP contribution in [-0.4, -0.2) is 65.3 Å². The summed E-state index contributed by atoms with van der Waals surface area (Å²) in [7, 11) is 0. The van der Waals surface area contributed by atoms with E-state index in [1.165, 1.54) is 0 Å². The molecule has 0 aliphatic carbocycles. The van der Waals surface area contributed by atoms with E-state index in [-0.39, 0.29) is 23.8 Å². The minimum absolute atomic E-state index is 0.0551. The van der Waals surface area contributed by atoms with Gasteiger partial charge in [-0.05, 0) is 37.8 Å². The number of likely N-dealkylation sites (tertiary alicyclic amines) is 1. The molecule has 0 spiro atoms. The zero-order valence-corrected chi connectivity index (χ0v) is 17.9. The first-order chi connectivity index (χ1) is 14.5. The molecule has 1 aromatic carbocycles. The van der Waals surface area contributed by atoms with Crippen LogP contribution >= 0.6 is 11.6 Å². The maximum atomic E-state index is 12.6. The van der Waals surface area contributed by atoms with Crippen molar-refractivity contribution in [2.75, 3.05) is 25.0 Å². The van der Waals surface area contributed by atoms with Crippen LogP contribution in [0.25, 0.3) is 0 Å². The second-order valence-electron chi connectivity index (χ2n) is 8.58. The number of carbonyl (C=O) groups is 3. The highest BCUT2D eigenvalue weighted by Crippen LogP contribution is 2.34. The molecule has 3 aliphatic heterocycles. The Morgan fingerprint density at radius 3 is 2.40 bits per heavy atom. The van der Waals surface area contributed by atoms with Crippen LogP contribution in [0.3, 0.4) is 0 Å². The predicted molar refractivity (Wildman–Crippen MR) is 116 cm³/mol. The number of carbonyl (C=O) groups excluding carboxylic acids is 3. The lowest BCUT2D eigenvalue weighted by molar-refractivity contribution is -0.121. The van der Waals surface area contributed by atoms with Crippen molar-refractivity contribution in [3.63, 3.8) is 0 Å². The Morgan fingerprint density at radius 2 is 1.73 bits per heavy atom. The number of halogens is 1. The van der Waals surface area contributed by atoms with Crippen LogP contribution in [0.15, 0.2) is 24.3 Å². The predicted octanol–water partition coefficient (Wildman–Crippen LogP) is 3.04. The van der Waals surface area contributed by atoms with Crippen LogP contribution in [0.4, 0.5) is 10.5 Å². The minimum atomic E-state index is -0.0597. The normalized spacial score (nSPS) is 26.9. The Balaban J connectivity index is 1.32. The largest absolute Gasteiger partial charge is 0.335 e. The van der Waals surface area contributed by atoms with Crippen molar-refractivity contribution in [1.29, 1.82) is 0 Å². The van der Waals surface area contributed by atoms with Gasteiger partial charge in [0.25, 0.3) is 0 Å². The van der Waals surface area contributed by atoms with E-state index in [2.05, 4.69) is 15.5 Å². The summed E-state index contributed by atoms with van der Waals surface area (Å²) in [6.45, 7) is 1.37. The third kappa shape index (κ3) is 4.95. The number of nitrogens with one attached hydrogen (secondary N) is 2. The second kappa shape index (κ2) is 9.35. The molecule has 2 bridgehead atoms. The molecule has 8 heteroatoms. The molecule has 162 valence electrons. The Morgan fingerprint density at radius 1 is 1.07 bits per heavy atom. The van der Waals surface area contributed by atoms with Crippen LogP contribution in [0, 0.1) is 0 Å². The van der Waals surface area contributed by atoms with Gasteiger partial charge in [0.2, 0.25) is 5.91 Å². The molecule has 30 heavy (non-hydrogen) atoms. The van der Waals surface area contributed by atoms with Gasteiger partial charge in [0.05, 0.1) is 17.3 Å². The van der Waals surface area contributed by atoms with Crippen molar-refractivity contribution in [2.45, 2.75) is 63.1 Å². The average Bonchev–Trinajstić information content (AvgIpc) is 2.71. The maximum absolute atomic E-state index is 12.6. The number of fused-ring (bicyclic) bond motifs is 2. The van der Waals surface area contributed by atoms with E-state index in [0.29, 0.717) is 55.3 Å². The van der Waals surface area contributed by atoms with E-state index in [1.807, 2.05) is 12.1 Å². The first kappa shape index (κ1) is 21.1. The number of hydrogen-bond donors (Lipinski definition) is 2. The second-order valence-corrected chi connectivity index (χ2v) is 8.99. The van der Waals surface area contributed by atoms with Gasteiger partial charge >= 0.3 is 6.03 Å². The number of ketones is 1. The molecule has 3 amide bonds. The molecule has 3 aliphatic rings. The molecule has 0 radical (unpaired) electrons. The van der Waals surface area contributed by atoms with Crippen molar-refractivity contribution >= 4 is 35.0 Å². The number of para-hydroxylation sites is 1. The van der Waals surface area contributed by atoms with E-state index in [9.17, 15) is 14.4 Å². The topological polar surface area (TPSA) is 81.8 Å². The van der Waals surface area contributed by atoms with Crippen molar-refractivity contribution in [3.8, 4) is 0 Å². The number of benzene rings is 1. The summed E-state index contributed by atoms with van der Waals surface area (Å²) in [5.41, 5.74) is 0.636. The Kier molecular flexibility index (Phi) is 6.58. The number of nitrogens with zero attached hydrogens (tertiary/aromatic N) is 2. The van der Waals surface area contributed by atoms with Crippen LogP contribution in [-0.2, 0) is 9.59 Å². The van der Waals surface area contributed by atoms with Gasteiger partial charge in [0, 0.05) is 44.1 Å². The van der Waals surface area contributed by atoms with Crippen LogP contribution in [0.1, 0.15) is 44.9 Å². The van der Waals surface area contributed by atoms with Gasteiger partial charge in [-0.25, -0.2) is 4.79 Å². The summed E-state index contributed by atoms with van der Waals surface area (Å²) in [6.07, 6.45) is 5.87. The molecule has 3 saturated heterocycles. The highest BCUT2D eigenvalue weighted by Gasteiger charge is 2.40. The maximum Gasteiger partial charge on any atom is 0.317 e. The minimum Gasteiger partial charge on any atom is -0.335 e. The van der Waals surface area contributed by atoms with Gasteiger partial charge in [-0.1, -0.05) is 30.2 Å². The summed E-state index contributed by atoms with van der Waals surface area (Å²) < 4.78 is 0. The molecule has 2 unspecified atom stereocenters. The Bertz CT molecular complexity index is 793. The zero-order valence-electron chi connectivity index (χ0n) is 17.1. The number of amides is 3. The molecular weight excluding hydrogens is 404 g/mol. The van der Waals surface area contributed by atoms with Gasteiger partial charge in [0.1, 0.15) is 5.78 Å². The van der Waals surface area contributed by atoms with Crippen LogP contribution in [0.5, 0.6) is 0 Å². The van der Waals surface area contributed by atoms with Crippen molar-refractivity contribution < 1.29 is 14.4 Å². The zero-order chi connectivity index (χ0) is 21.1. The molecule has 0 saturated carbocycles. The van der Waals surface area contributed by atoms with E-state index in [1.54, 1.807) is 17.0 Å². The van der Waals surface area contributed by atoms with E-state index >= 15 is 0 Å². The SMILES string of the molecule is O=C1CCN(C(=O)NC2CC3CCCC(C2)N3CC(=O)Nc2ccccc2Cl)CC1. The van der Waals surface area contributed by atoms with E-state index < -0.39 is 0 Å². The number of hydrogen-bond acceptors (Lipinski definition) is 4. The van der Waals surface area contributed by atoms with Crippen molar-refractivity contribution in [1.82, 2.24) is 15.1 Å². The van der Waals surface area contributed by atoms with Crippen molar-refractivity contribution in [3.05, 3.63) is 29.3 Å². The quantitative estimate of drug-likeness (QED) is 0.766. The number of piperidine rings is 3. The lowest BCUT2D eigenvalue weighted by atomic mass is 9.81. The standard InChI is InChI=1S/C22H29ClN4O3/c23-19-6-1-2-7-20(19)25-21(29)14-27-16-4-3-5-17(27)13-15(12-16)24-22(30)26-10-8-18(28)9-11-26/h1-2,6-7,15-17H,3-5,8-14H2,(H,24,30)(H,25,29). The summed E-state index contributed by atoms with van der Waals surface area (Å²) in [5, 5.41) is 6.64. The molecule has 7 nitrogen and oxygen atoms in total. The highest BCUT2D eigenvalue weighted by atomic mass is 35.5. The Labute approximate surface area is 182 Å². The molecule has 3 heterocycles.